The molecule has 0 saturated heterocycles. The van der Waals surface area contributed by atoms with Gasteiger partial charge in [-0.05, 0) is 19.3 Å². The van der Waals surface area contributed by atoms with Gasteiger partial charge in [-0.3, -0.25) is 0 Å². The fourth-order valence-electron chi connectivity index (χ4n) is 1.97. The molecule has 72 valence electrons. The molecule has 0 aliphatic heterocycles. The molecule has 0 heterocycles. The molecule has 12 heavy (non-hydrogen) atoms. The lowest BCUT2D eigenvalue weighted by Crippen LogP contribution is -2.31. The van der Waals surface area contributed by atoms with Crippen molar-refractivity contribution in [3.8, 4) is 0 Å². The van der Waals surface area contributed by atoms with E-state index in [1.807, 2.05) is 0 Å². The largest absolute Gasteiger partial charge is 0.328 e. The molecule has 0 bridgehead atoms. The van der Waals surface area contributed by atoms with Gasteiger partial charge in [0.1, 0.15) is 0 Å². The molecule has 1 aliphatic rings. The number of rotatable bonds is 0. The zero-order valence-corrected chi connectivity index (χ0v) is 7.97. The first-order valence-electron chi connectivity index (χ1n) is 5.30. The van der Waals surface area contributed by atoms with Gasteiger partial charge in [0.25, 0.3) is 0 Å². The first-order valence-corrected chi connectivity index (χ1v) is 5.30. The van der Waals surface area contributed by atoms with Crippen molar-refractivity contribution in [2.24, 2.45) is 11.5 Å². The van der Waals surface area contributed by atoms with Gasteiger partial charge in [0.2, 0.25) is 0 Å². The first-order chi connectivity index (χ1) is 5.79. The van der Waals surface area contributed by atoms with Crippen LogP contribution in [0, 0.1) is 0 Å². The fourth-order valence-corrected chi connectivity index (χ4v) is 1.97. The van der Waals surface area contributed by atoms with Gasteiger partial charge >= 0.3 is 0 Å². The molecule has 1 rings (SSSR count). The van der Waals surface area contributed by atoms with E-state index >= 15 is 0 Å². The second kappa shape index (κ2) is 5.55. The zero-order valence-electron chi connectivity index (χ0n) is 7.97. The third-order valence-electron chi connectivity index (χ3n) is 2.76. The van der Waals surface area contributed by atoms with Crippen LogP contribution in [0.3, 0.4) is 0 Å². The van der Waals surface area contributed by atoms with Crippen LogP contribution in [0.1, 0.15) is 51.4 Å². The van der Waals surface area contributed by atoms with Crippen molar-refractivity contribution in [2.75, 3.05) is 0 Å². The van der Waals surface area contributed by atoms with Crippen molar-refractivity contribution in [1.82, 2.24) is 0 Å². The Balaban J connectivity index is 2.24. The lowest BCUT2D eigenvalue weighted by molar-refractivity contribution is 0.423. The van der Waals surface area contributed by atoms with E-state index in [2.05, 4.69) is 0 Å². The summed E-state index contributed by atoms with van der Waals surface area (Å²) in [5.41, 5.74) is 11.9. The Hall–Kier alpha value is -0.0800. The lowest BCUT2D eigenvalue weighted by Gasteiger charge is -2.18. The number of nitrogens with two attached hydrogens (primary N) is 2. The van der Waals surface area contributed by atoms with E-state index in [0.29, 0.717) is 12.1 Å². The summed E-state index contributed by atoms with van der Waals surface area (Å²) in [6, 6.07) is 0.719. The van der Waals surface area contributed by atoms with Gasteiger partial charge < -0.3 is 11.5 Å². The molecule has 0 radical (unpaired) electrons. The van der Waals surface area contributed by atoms with Crippen LogP contribution in [0.25, 0.3) is 0 Å². The molecule has 0 aromatic carbocycles. The highest BCUT2D eigenvalue weighted by molar-refractivity contribution is 4.72. The van der Waals surface area contributed by atoms with Gasteiger partial charge in [-0.15, -0.1) is 0 Å². The molecular formula is C10H22N2. The van der Waals surface area contributed by atoms with Crippen LogP contribution in [-0.2, 0) is 0 Å². The summed E-state index contributed by atoms with van der Waals surface area (Å²) in [6.07, 6.45) is 10.1. The zero-order chi connectivity index (χ0) is 8.81. The van der Waals surface area contributed by atoms with E-state index in [9.17, 15) is 0 Å². The summed E-state index contributed by atoms with van der Waals surface area (Å²) in [5.74, 6) is 0. The third-order valence-corrected chi connectivity index (χ3v) is 2.76. The van der Waals surface area contributed by atoms with Crippen molar-refractivity contribution in [3.63, 3.8) is 0 Å². The monoisotopic (exact) mass is 170 g/mol. The Morgan fingerprint density at radius 2 is 1.08 bits per heavy atom. The van der Waals surface area contributed by atoms with Crippen molar-refractivity contribution < 1.29 is 0 Å². The Bertz CT molecular complexity index is 102. The molecule has 1 fully saturated rings. The third kappa shape index (κ3) is 4.07. The summed E-state index contributed by atoms with van der Waals surface area (Å²) in [6.45, 7) is 0. The summed E-state index contributed by atoms with van der Waals surface area (Å²) in [5, 5.41) is 0. The molecule has 2 atom stereocenters. The SMILES string of the molecule is NC1CCCCCCCC(N)C1. The molecule has 4 N–H and O–H groups in total. The molecule has 1 aliphatic carbocycles. The molecule has 2 unspecified atom stereocenters. The smallest absolute Gasteiger partial charge is 0.00535 e. The minimum atomic E-state index is 0.359. The summed E-state index contributed by atoms with van der Waals surface area (Å²) in [7, 11) is 0. The Kier molecular flexibility index (Phi) is 4.62. The van der Waals surface area contributed by atoms with Crippen LogP contribution in [0.2, 0.25) is 0 Å². The van der Waals surface area contributed by atoms with Gasteiger partial charge in [-0.2, -0.15) is 0 Å². The predicted octanol–water partition coefficient (Wildman–Crippen LogP) is 1.78. The van der Waals surface area contributed by atoms with Gasteiger partial charge in [0, 0.05) is 12.1 Å². The minimum absolute atomic E-state index is 0.359. The van der Waals surface area contributed by atoms with E-state index in [1.54, 1.807) is 0 Å². The topological polar surface area (TPSA) is 52.0 Å². The lowest BCUT2D eigenvalue weighted by atomic mass is 9.95. The molecule has 2 nitrogen and oxygen atoms in total. The van der Waals surface area contributed by atoms with Crippen LogP contribution in [0.4, 0.5) is 0 Å². The van der Waals surface area contributed by atoms with Crippen molar-refractivity contribution in [3.05, 3.63) is 0 Å². The maximum Gasteiger partial charge on any atom is 0.00535 e. The molecule has 2 heteroatoms. The second-order valence-electron chi connectivity index (χ2n) is 4.10. The number of hydrogen-bond donors (Lipinski definition) is 2. The van der Waals surface area contributed by atoms with E-state index in [-0.39, 0.29) is 0 Å². The Labute approximate surface area is 75.7 Å². The average Bonchev–Trinajstić information content (AvgIpc) is 2.02. The van der Waals surface area contributed by atoms with E-state index in [4.69, 9.17) is 11.5 Å². The quantitative estimate of drug-likeness (QED) is 0.582. The van der Waals surface area contributed by atoms with Crippen LogP contribution >= 0.6 is 0 Å². The van der Waals surface area contributed by atoms with Crippen LogP contribution < -0.4 is 11.5 Å². The minimum Gasteiger partial charge on any atom is -0.328 e. The van der Waals surface area contributed by atoms with Crippen molar-refractivity contribution >= 4 is 0 Å². The maximum absolute atomic E-state index is 5.94. The molecule has 1 saturated carbocycles. The van der Waals surface area contributed by atoms with Crippen LogP contribution in [0.5, 0.6) is 0 Å². The summed E-state index contributed by atoms with van der Waals surface area (Å²) >= 11 is 0. The first kappa shape index (κ1) is 10.0. The molecule has 0 aromatic rings. The van der Waals surface area contributed by atoms with Gasteiger partial charge in [-0.25, -0.2) is 0 Å². The maximum atomic E-state index is 5.94. The predicted molar refractivity (Wildman–Crippen MR) is 52.9 cm³/mol. The Morgan fingerprint density at radius 1 is 0.667 bits per heavy atom. The fraction of sp³-hybridized carbons (Fsp3) is 1.00. The molecule has 0 spiro atoms. The standard InChI is InChI=1S/C10H22N2/c11-9-6-4-2-1-3-5-7-10(12)8-9/h9-10H,1-8,11-12H2. The van der Waals surface area contributed by atoms with Crippen LogP contribution in [0.15, 0.2) is 0 Å². The normalized spacial score (nSPS) is 34.5. The van der Waals surface area contributed by atoms with Crippen LogP contribution in [-0.4, -0.2) is 12.1 Å². The molecular weight excluding hydrogens is 148 g/mol. The van der Waals surface area contributed by atoms with Crippen molar-refractivity contribution in [2.45, 2.75) is 63.5 Å². The molecule has 0 aromatic heterocycles. The van der Waals surface area contributed by atoms with Gasteiger partial charge in [0.05, 0.1) is 0 Å². The van der Waals surface area contributed by atoms with Gasteiger partial charge in [-0.1, -0.05) is 32.1 Å². The average molecular weight is 170 g/mol. The highest BCUT2D eigenvalue weighted by atomic mass is 14.7. The highest BCUT2D eigenvalue weighted by Gasteiger charge is 2.10. The Morgan fingerprint density at radius 3 is 1.58 bits per heavy atom. The van der Waals surface area contributed by atoms with E-state index in [1.165, 1.54) is 44.9 Å². The van der Waals surface area contributed by atoms with E-state index < -0.39 is 0 Å². The molecule has 0 amide bonds. The summed E-state index contributed by atoms with van der Waals surface area (Å²) < 4.78 is 0. The second-order valence-corrected chi connectivity index (χ2v) is 4.10. The van der Waals surface area contributed by atoms with E-state index in [0.717, 1.165) is 6.42 Å². The van der Waals surface area contributed by atoms with Crippen molar-refractivity contribution in [1.29, 1.82) is 0 Å². The summed E-state index contributed by atoms with van der Waals surface area (Å²) in [4.78, 5) is 0. The highest BCUT2D eigenvalue weighted by Crippen LogP contribution is 2.15. The van der Waals surface area contributed by atoms with Gasteiger partial charge in [0.15, 0.2) is 0 Å². The number of hydrogen-bond acceptors (Lipinski definition) is 2.